The highest BCUT2D eigenvalue weighted by Crippen LogP contribution is 2.32. The van der Waals surface area contributed by atoms with E-state index in [1.165, 1.54) is 30.5 Å². The molecule has 5 nitrogen and oxygen atoms in total. The van der Waals surface area contributed by atoms with Crippen molar-refractivity contribution in [3.05, 3.63) is 56.8 Å². The highest BCUT2D eigenvalue weighted by Gasteiger charge is 2.11. The van der Waals surface area contributed by atoms with Gasteiger partial charge in [-0.15, -0.1) is 0 Å². The van der Waals surface area contributed by atoms with Gasteiger partial charge in [0.2, 0.25) is 0 Å². The zero-order chi connectivity index (χ0) is 13.1. The van der Waals surface area contributed by atoms with Gasteiger partial charge < -0.3 is 4.74 Å². The highest BCUT2D eigenvalue weighted by atomic mass is 35.5. The fraction of sp³-hybridized carbons (Fsp3) is 0. The standard InChI is InChI=1S/C11H6Cl2N2O3/c12-9-5-7(15(16)17)1-2-10(9)18-8-3-4-14-11(13)6-8/h1-6H. The SMILES string of the molecule is O=[N+]([O-])c1ccc(Oc2ccnc(Cl)c2)c(Cl)c1. The summed E-state index contributed by atoms with van der Waals surface area (Å²) in [5, 5.41) is 11.0. The molecule has 0 radical (unpaired) electrons. The Morgan fingerprint density at radius 3 is 2.61 bits per heavy atom. The molecule has 1 aromatic carbocycles. The van der Waals surface area contributed by atoms with E-state index in [4.69, 9.17) is 27.9 Å². The van der Waals surface area contributed by atoms with Crippen LogP contribution >= 0.6 is 23.2 Å². The molecule has 0 bridgehead atoms. The van der Waals surface area contributed by atoms with E-state index in [9.17, 15) is 10.1 Å². The van der Waals surface area contributed by atoms with Crippen LogP contribution in [0.1, 0.15) is 0 Å². The van der Waals surface area contributed by atoms with Crippen molar-refractivity contribution in [3.63, 3.8) is 0 Å². The normalized spacial score (nSPS) is 10.1. The highest BCUT2D eigenvalue weighted by molar-refractivity contribution is 6.32. The molecule has 1 heterocycles. The third-order valence-corrected chi connectivity index (χ3v) is 2.55. The Morgan fingerprint density at radius 2 is 2.00 bits per heavy atom. The number of ether oxygens (including phenoxy) is 1. The van der Waals surface area contributed by atoms with Crippen LogP contribution in [-0.2, 0) is 0 Å². The van der Waals surface area contributed by atoms with Crippen molar-refractivity contribution < 1.29 is 9.66 Å². The van der Waals surface area contributed by atoms with Gasteiger partial charge in [0.25, 0.3) is 5.69 Å². The molecule has 18 heavy (non-hydrogen) atoms. The fourth-order valence-electron chi connectivity index (χ4n) is 1.26. The van der Waals surface area contributed by atoms with Gasteiger partial charge in [-0.25, -0.2) is 4.98 Å². The van der Waals surface area contributed by atoms with Gasteiger partial charge in [0.15, 0.2) is 0 Å². The van der Waals surface area contributed by atoms with Crippen molar-refractivity contribution in [3.8, 4) is 11.5 Å². The Hall–Kier alpha value is -1.85. The largest absolute Gasteiger partial charge is 0.456 e. The lowest BCUT2D eigenvalue weighted by Crippen LogP contribution is -1.90. The van der Waals surface area contributed by atoms with Crippen molar-refractivity contribution in [1.29, 1.82) is 0 Å². The van der Waals surface area contributed by atoms with E-state index in [1.54, 1.807) is 6.07 Å². The fourth-order valence-corrected chi connectivity index (χ4v) is 1.64. The lowest BCUT2D eigenvalue weighted by molar-refractivity contribution is -0.384. The summed E-state index contributed by atoms with van der Waals surface area (Å²) < 4.78 is 5.45. The van der Waals surface area contributed by atoms with Gasteiger partial charge in [-0.1, -0.05) is 23.2 Å². The Kier molecular flexibility index (Phi) is 3.64. The summed E-state index contributed by atoms with van der Waals surface area (Å²) in [5.74, 6) is 0.760. The van der Waals surface area contributed by atoms with E-state index in [0.29, 0.717) is 11.5 Å². The number of nitro benzene ring substituents is 1. The van der Waals surface area contributed by atoms with Crippen LogP contribution in [0.5, 0.6) is 11.5 Å². The number of nitro groups is 1. The Bertz CT molecular complexity index is 605. The van der Waals surface area contributed by atoms with Crippen LogP contribution < -0.4 is 4.74 Å². The van der Waals surface area contributed by atoms with Gasteiger partial charge in [0.1, 0.15) is 16.7 Å². The van der Waals surface area contributed by atoms with Gasteiger partial charge in [-0.3, -0.25) is 10.1 Å². The third-order valence-electron chi connectivity index (χ3n) is 2.05. The molecular weight excluding hydrogens is 279 g/mol. The van der Waals surface area contributed by atoms with E-state index in [0.717, 1.165) is 0 Å². The average molecular weight is 285 g/mol. The van der Waals surface area contributed by atoms with Crippen LogP contribution in [0.4, 0.5) is 5.69 Å². The third kappa shape index (κ3) is 2.88. The molecule has 0 saturated heterocycles. The average Bonchev–Trinajstić information content (AvgIpc) is 2.31. The zero-order valence-corrected chi connectivity index (χ0v) is 10.4. The minimum Gasteiger partial charge on any atom is -0.456 e. The Morgan fingerprint density at radius 1 is 1.22 bits per heavy atom. The predicted molar refractivity (Wildman–Crippen MR) is 67.4 cm³/mol. The molecule has 0 unspecified atom stereocenters. The van der Waals surface area contributed by atoms with Crippen LogP contribution in [0, 0.1) is 10.1 Å². The molecule has 0 amide bonds. The smallest absolute Gasteiger partial charge is 0.271 e. The Labute approximate surface area is 112 Å². The molecule has 2 rings (SSSR count). The predicted octanol–water partition coefficient (Wildman–Crippen LogP) is 4.09. The maximum atomic E-state index is 10.5. The summed E-state index contributed by atoms with van der Waals surface area (Å²) in [7, 11) is 0. The molecule has 0 fully saturated rings. The van der Waals surface area contributed by atoms with Crippen molar-refractivity contribution in [2.45, 2.75) is 0 Å². The van der Waals surface area contributed by atoms with Crippen molar-refractivity contribution >= 4 is 28.9 Å². The minimum absolute atomic E-state index is 0.0971. The number of hydrogen-bond acceptors (Lipinski definition) is 4. The van der Waals surface area contributed by atoms with E-state index in [1.807, 2.05) is 0 Å². The molecule has 0 aliphatic heterocycles. The molecule has 92 valence electrons. The van der Waals surface area contributed by atoms with Crippen molar-refractivity contribution in [2.75, 3.05) is 0 Å². The lowest BCUT2D eigenvalue weighted by Gasteiger charge is -2.07. The number of halogens is 2. The van der Waals surface area contributed by atoms with E-state index in [2.05, 4.69) is 4.98 Å². The molecule has 1 aromatic heterocycles. The molecule has 0 N–H and O–H groups in total. The molecule has 7 heteroatoms. The molecule has 0 atom stereocenters. The van der Waals surface area contributed by atoms with Crippen molar-refractivity contribution in [1.82, 2.24) is 4.98 Å². The van der Waals surface area contributed by atoms with Crippen LogP contribution in [0.3, 0.4) is 0 Å². The summed E-state index contributed by atoms with van der Waals surface area (Å²) in [6.45, 7) is 0. The number of nitrogens with zero attached hydrogens (tertiary/aromatic N) is 2. The molecule has 0 aliphatic carbocycles. The summed E-state index contributed by atoms with van der Waals surface area (Å²) in [6.07, 6.45) is 1.48. The van der Waals surface area contributed by atoms with E-state index < -0.39 is 4.92 Å². The van der Waals surface area contributed by atoms with Gasteiger partial charge >= 0.3 is 0 Å². The molecule has 0 aliphatic rings. The van der Waals surface area contributed by atoms with Crippen LogP contribution in [0.25, 0.3) is 0 Å². The summed E-state index contributed by atoms with van der Waals surface area (Å²) in [4.78, 5) is 13.8. The van der Waals surface area contributed by atoms with E-state index >= 15 is 0 Å². The maximum Gasteiger partial charge on any atom is 0.271 e. The van der Waals surface area contributed by atoms with Crippen molar-refractivity contribution in [2.24, 2.45) is 0 Å². The minimum atomic E-state index is -0.529. The number of pyridine rings is 1. The van der Waals surface area contributed by atoms with Gasteiger partial charge in [0, 0.05) is 24.4 Å². The number of hydrogen-bond donors (Lipinski definition) is 0. The Balaban J connectivity index is 2.27. The summed E-state index contributed by atoms with van der Waals surface area (Å²) >= 11 is 11.6. The van der Waals surface area contributed by atoms with Gasteiger partial charge in [-0.2, -0.15) is 0 Å². The van der Waals surface area contributed by atoms with Crippen LogP contribution in [0.15, 0.2) is 36.5 Å². The first-order valence-corrected chi connectivity index (χ1v) is 5.55. The maximum absolute atomic E-state index is 10.5. The lowest BCUT2D eigenvalue weighted by atomic mass is 10.3. The van der Waals surface area contributed by atoms with Crippen LogP contribution in [0.2, 0.25) is 10.2 Å². The second kappa shape index (κ2) is 5.20. The first kappa shape index (κ1) is 12.6. The second-order valence-corrected chi connectivity index (χ2v) is 4.08. The van der Waals surface area contributed by atoms with E-state index in [-0.39, 0.29) is 15.9 Å². The number of non-ortho nitro benzene ring substituents is 1. The summed E-state index contributed by atoms with van der Waals surface area (Å²) in [5.41, 5.74) is -0.0971. The molecular formula is C11H6Cl2N2O3. The van der Waals surface area contributed by atoms with Gasteiger partial charge in [0.05, 0.1) is 9.95 Å². The first-order valence-electron chi connectivity index (χ1n) is 4.79. The first-order chi connectivity index (χ1) is 8.56. The topological polar surface area (TPSA) is 65.3 Å². The number of aromatic nitrogens is 1. The molecule has 0 saturated carbocycles. The second-order valence-electron chi connectivity index (χ2n) is 3.29. The van der Waals surface area contributed by atoms with Gasteiger partial charge in [-0.05, 0) is 12.1 Å². The quantitative estimate of drug-likeness (QED) is 0.484. The number of rotatable bonds is 3. The molecule has 0 spiro atoms. The van der Waals surface area contributed by atoms with Crippen LogP contribution in [-0.4, -0.2) is 9.91 Å². The number of benzene rings is 1. The summed E-state index contributed by atoms with van der Waals surface area (Å²) in [6, 6.07) is 7.07. The zero-order valence-electron chi connectivity index (χ0n) is 8.84. The monoisotopic (exact) mass is 284 g/mol. The molecule has 2 aromatic rings.